The van der Waals surface area contributed by atoms with Crippen LogP contribution in [0.1, 0.15) is 13.3 Å². The molecule has 8 nitrogen and oxygen atoms in total. The van der Waals surface area contributed by atoms with Crippen molar-refractivity contribution in [2.45, 2.75) is 36.9 Å². The van der Waals surface area contributed by atoms with E-state index in [0.29, 0.717) is 6.42 Å². The Morgan fingerprint density at radius 1 is 1.35 bits per heavy atom. The Labute approximate surface area is 121 Å². The van der Waals surface area contributed by atoms with Gasteiger partial charge in [0.25, 0.3) is 5.79 Å². The minimum Gasteiger partial charge on any atom is -0.394 e. The molecule has 0 aromatic carbocycles. The topological polar surface area (TPSA) is 162 Å². The van der Waals surface area contributed by atoms with Crippen LogP contribution in [0, 0.1) is 5.41 Å². The van der Waals surface area contributed by atoms with Crippen molar-refractivity contribution >= 4 is 23.7 Å². The van der Waals surface area contributed by atoms with Crippen molar-refractivity contribution in [2.75, 3.05) is 6.61 Å². The van der Waals surface area contributed by atoms with E-state index in [4.69, 9.17) is 10.5 Å². The van der Waals surface area contributed by atoms with Gasteiger partial charge in [-0.1, -0.05) is 13.0 Å². The minimum atomic E-state index is -3.28. The van der Waals surface area contributed by atoms with E-state index in [0.717, 1.165) is 6.08 Å². The quantitative estimate of drug-likeness (QED) is 0.0928. The monoisotopic (exact) mass is 309 g/mol. The van der Waals surface area contributed by atoms with Crippen LogP contribution >= 0.6 is 12.2 Å². The highest BCUT2D eigenvalue weighted by molar-refractivity contribution is 7.78. The van der Waals surface area contributed by atoms with Crippen LogP contribution in [0.5, 0.6) is 0 Å². The highest BCUT2D eigenvalue weighted by atomic mass is 32.1. The molecular weight excluding hydrogens is 290 g/mol. The highest BCUT2D eigenvalue weighted by Crippen LogP contribution is 2.26. The number of hydrogen-bond acceptors (Lipinski definition) is 9. The van der Waals surface area contributed by atoms with Gasteiger partial charge in [-0.05, 0) is 24.7 Å². The van der Waals surface area contributed by atoms with E-state index < -0.39 is 30.2 Å². The SMILES string of the molecule is CCC=CC(O)(C(O)C(O)CO)C(O)(O)C=O.N=C=S. The van der Waals surface area contributed by atoms with Gasteiger partial charge in [0.05, 0.1) is 11.8 Å². The van der Waals surface area contributed by atoms with Gasteiger partial charge in [0, 0.05) is 0 Å². The first kappa shape index (κ1) is 21.3. The molecule has 0 heterocycles. The normalized spacial score (nSPS) is 17.4. The average Bonchev–Trinajstić information content (AvgIpc) is 2.43. The molecule has 0 aromatic rings. The molecule has 7 N–H and O–H groups in total. The number of allylic oxidation sites excluding steroid dienone is 1. The number of aldehydes is 1. The van der Waals surface area contributed by atoms with Gasteiger partial charge in [0.1, 0.15) is 12.2 Å². The van der Waals surface area contributed by atoms with Crippen molar-refractivity contribution in [3.8, 4) is 0 Å². The zero-order valence-electron chi connectivity index (χ0n) is 10.8. The van der Waals surface area contributed by atoms with Crippen molar-refractivity contribution in [3.05, 3.63) is 12.2 Å². The van der Waals surface area contributed by atoms with Crippen molar-refractivity contribution in [2.24, 2.45) is 0 Å². The summed E-state index contributed by atoms with van der Waals surface area (Å²) in [7, 11) is 0. The molecule has 116 valence electrons. The molecule has 20 heavy (non-hydrogen) atoms. The van der Waals surface area contributed by atoms with E-state index in [1.54, 1.807) is 12.1 Å². The number of rotatable bonds is 7. The third kappa shape index (κ3) is 5.53. The number of isothiocyanates is 1. The maximum atomic E-state index is 10.5. The van der Waals surface area contributed by atoms with Crippen LogP contribution in [-0.2, 0) is 4.79 Å². The fourth-order valence-electron chi connectivity index (χ4n) is 1.22. The molecule has 0 bridgehead atoms. The van der Waals surface area contributed by atoms with Gasteiger partial charge in [0.2, 0.25) is 0 Å². The zero-order valence-corrected chi connectivity index (χ0v) is 11.6. The van der Waals surface area contributed by atoms with Gasteiger partial charge in [-0.25, -0.2) is 5.41 Å². The fraction of sp³-hybridized carbons (Fsp3) is 0.636. The number of aliphatic hydroxyl groups excluding tert-OH is 3. The van der Waals surface area contributed by atoms with E-state index in [1.165, 1.54) is 6.08 Å². The van der Waals surface area contributed by atoms with E-state index in [-0.39, 0.29) is 6.29 Å². The lowest BCUT2D eigenvalue weighted by Crippen LogP contribution is -2.64. The Balaban J connectivity index is 0. The molecule has 0 spiro atoms. The summed E-state index contributed by atoms with van der Waals surface area (Å²) in [5.74, 6) is -3.28. The molecule has 0 aliphatic heterocycles. The maximum absolute atomic E-state index is 10.5. The lowest BCUT2D eigenvalue weighted by atomic mass is 9.84. The largest absolute Gasteiger partial charge is 0.394 e. The smallest absolute Gasteiger partial charge is 0.257 e. The van der Waals surface area contributed by atoms with Crippen LogP contribution in [0.15, 0.2) is 12.2 Å². The lowest BCUT2D eigenvalue weighted by molar-refractivity contribution is -0.270. The summed E-state index contributed by atoms with van der Waals surface area (Å²) >= 11 is 3.81. The summed E-state index contributed by atoms with van der Waals surface area (Å²) in [6.07, 6.45) is -1.89. The Hall–Kier alpha value is -1.03. The molecule has 0 saturated heterocycles. The van der Waals surface area contributed by atoms with E-state index >= 15 is 0 Å². The molecular formula is C11H19NO7S. The molecule has 0 amide bonds. The molecule has 3 atom stereocenters. The number of carbonyl (C=O) groups is 1. The molecule has 0 aliphatic carbocycles. The van der Waals surface area contributed by atoms with Crippen LogP contribution in [-0.4, -0.2) is 72.3 Å². The summed E-state index contributed by atoms with van der Waals surface area (Å²) in [5, 5.41) is 63.3. The second-order valence-corrected chi connectivity index (χ2v) is 3.98. The molecule has 9 heteroatoms. The minimum absolute atomic E-state index is 0.375. The lowest BCUT2D eigenvalue weighted by Gasteiger charge is -2.38. The first-order chi connectivity index (χ1) is 9.18. The predicted molar refractivity (Wildman–Crippen MR) is 72.0 cm³/mol. The van der Waals surface area contributed by atoms with Crippen molar-refractivity contribution in [1.29, 1.82) is 5.41 Å². The van der Waals surface area contributed by atoms with Crippen LogP contribution in [0.4, 0.5) is 0 Å². The summed E-state index contributed by atoms with van der Waals surface area (Å²) in [5.41, 5.74) is -2.81. The molecule has 0 saturated carbocycles. The van der Waals surface area contributed by atoms with Gasteiger partial charge < -0.3 is 30.6 Å². The molecule has 0 fully saturated rings. The highest BCUT2D eigenvalue weighted by Gasteiger charge is 2.54. The van der Waals surface area contributed by atoms with Gasteiger partial charge in [-0.2, -0.15) is 0 Å². The van der Waals surface area contributed by atoms with Crippen molar-refractivity contribution in [1.82, 2.24) is 0 Å². The van der Waals surface area contributed by atoms with Crippen LogP contribution < -0.4 is 0 Å². The summed E-state index contributed by atoms with van der Waals surface area (Å²) < 4.78 is 0. The first-order valence-corrected chi connectivity index (χ1v) is 5.91. The molecule has 0 aromatic heterocycles. The summed E-state index contributed by atoms with van der Waals surface area (Å²) in [6.45, 7) is 0.751. The predicted octanol–water partition coefficient (Wildman–Crippen LogP) is -2.05. The second-order valence-electron chi connectivity index (χ2n) is 3.78. The zero-order chi connectivity index (χ0) is 16.4. The van der Waals surface area contributed by atoms with Crippen LogP contribution in [0.3, 0.4) is 0 Å². The van der Waals surface area contributed by atoms with Crippen LogP contribution in [0.2, 0.25) is 0 Å². The Morgan fingerprint density at radius 2 is 1.80 bits per heavy atom. The average molecular weight is 309 g/mol. The van der Waals surface area contributed by atoms with E-state index in [1.807, 2.05) is 0 Å². The van der Waals surface area contributed by atoms with E-state index in [2.05, 4.69) is 12.2 Å². The van der Waals surface area contributed by atoms with Gasteiger partial charge in [-0.3, -0.25) is 4.79 Å². The number of hydrogen-bond donors (Lipinski definition) is 7. The molecule has 0 rings (SSSR count). The van der Waals surface area contributed by atoms with Gasteiger partial charge in [-0.15, -0.1) is 0 Å². The second kappa shape index (κ2) is 9.81. The Morgan fingerprint density at radius 3 is 2.10 bits per heavy atom. The number of aliphatic hydroxyl groups is 6. The number of carbonyl (C=O) groups excluding carboxylic acids is 1. The number of nitrogens with one attached hydrogen (secondary N) is 1. The molecule has 0 aliphatic rings. The standard InChI is InChI=1S/C10H18O7.CHNS/c1-2-3-4-9(15,10(16,17)6-12)8(14)7(13)5-11;2-1-3/h3-4,6-8,11,13-17H,2,5H2,1H3;2H. The Kier molecular flexibility index (Phi) is 10.4. The third-order valence-corrected chi connectivity index (χ3v) is 2.36. The Bertz CT molecular complexity index is 355. The van der Waals surface area contributed by atoms with Gasteiger partial charge in [0.15, 0.2) is 11.9 Å². The van der Waals surface area contributed by atoms with Crippen molar-refractivity contribution in [3.63, 3.8) is 0 Å². The third-order valence-electron chi connectivity index (χ3n) is 2.36. The fourth-order valence-corrected chi connectivity index (χ4v) is 1.22. The number of thiocarbonyl (C=S) groups is 1. The first-order valence-electron chi connectivity index (χ1n) is 5.50. The summed E-state index contributed by atoms with van der Waals surface area (Å²) in [4.78, 5) is 10.5. The van der Waals surface area contributed by atoms with E-state index in [9.17, 15) is 30.3 Å². The summed E-state index contributed by atoms with van der Waals surface area (Å²) in [6, 6.07) is 0. The molecule has 3 unspecified atom stereocenters. The maximum Gasteiger partial charge on any atom is 0.257 e. The van der Waals surface area contributed by atoms with Crippen molar-refractivity contribution < 1.29 is 35.4 Å². The molecule has 0 radical (unpaired) electrons. The van der Waals surface area contributed by atoms with Crippen LogP contribution in [0.25, 0.3) is 0 Å². The van der Waals surface area contributed by atoms with Gasteiger partial charge >= 0.3 is 0 Å².